The molecule has 0 aliphatic carbocycles. The lowest BCUT2D eigenvalue weighted by molar-refractivity contribution is -0.125. The third-order valence-corrected chi connectivity index (χ3v) is 5.83. The molecule has 5 heteroatoms. The van der Waals surface area contributed by atoms with E-state index in [-0.39, 0.29) is 11.3 Å². The number of hydrogen-bond donors (Lipinski definition) is 2. The summed E-state index contributed by atoms with van der Waals surface area (Å²) in [6, 6.07) is 4.10. The zero-order valence-electron chi connectivity index (χ0n) is 10.9. The van der Waals surface area contributed by atoms with E-state index in [2.05, 4.69) is 25.2 Å². The van der Waals surface area contributed by atoms with Crippen molar-refractivity contribution in [2.75, 3.05) is 11.5 Å². The van der Waals surface area contributed by atoms with Crippen molar-refractivity contribution >= 4 is 29.0 Å². The Kier molecular flexibility index (Phi) is 4.04. The number of nitrogens with two attached hydrogens (primary N) is 1. The summed E-state index contributed by atoms with van der Waals surface area (Å²) in [5.74, 6) is 1.64. The zero-order valence-corrected chi connectivity index (χ0v) is 12.5. The molecule has 0 bridgehead atoms. The molecule has 0 spiro atoms. The van der Waals surface area contributed by atoms with Gasteiger partial charge in [0.25, 0.3) is 0 Å². The molecule has 0 radical (unpaired) electrons. The SMILES string of the molecule is CC1(C)CSCC(NCc2cccs2)(C(N)=O)C1. The first-order chi connectivity index (χ1) is 8.44. The third-order valence-electron chi connectivity index (χ3n) is 3.27. The highest BCUT2D eigenvalue weighted by Gasteiger charge is 2.44. The number of amides is 1. The van der Waals surface area contributed by atoms with Crippen molar-refractivity contribution in [1.82, 2.24) is 5.32 Å². The Balaban J connectivity index is 2.09. The number of carbonyl (C=O) groups is 1. The lowest BCUT2D eigenvalue weighted by atomic mass is 9.79. The maximum Gasteiger partial charge on any atom is 0.238 e. The van der Waals surface area contributed by atoms with E-state index < -0.39 is 5.54 Å². The minimum Gasteiger partial charge on any atom is -0.368 e. The molecule has 1 aliphatic heterocycles. The average Bonchev–Trinajstić information content (AvgIpc) is 2.77. The molecule has 1 aromatic heterocycles. The number of rotatable bonds is 4. The van der Waals surface area contributed by atoms with Crippen LogP contribution in [0.5, 0.6) is 0 Å². The van der Waals surface area contributed by atoms with E-state index in [1.165, 1.54) is 4.88 Å². The second-order valence-corrected chi connectivity index (χ2v) is 7.73. The molecule has 0 saturated carbocycles. The molecule has 1 atom stereocenters. The molecule has 100 valence electrons. The van der Waals surface area contributed by atoms with Gasteiger partial charge in [-0.2, -0.15) is 11.8 Å². The first-order valence-electron chi connectivity index (χ1n) is 6.09. The van der Waals surface area contributed by atoms with Gasteiger partial charge in [0, 0.05) is 17.2 Å². The topological polar surface area (TPSA) is 55.1 Å². The summed E-state index contributed by atoms with van der Waals surface area (Å²) in [5, 5.41) is 5.46. The minimum absolute atomic E-state index is 0.153. The highest BCUT2D eigenvalue weighted by Crippen LogP contribution is 2.39. The maximum absolute atomic E-state index is 11.9. The summed E-state index contributed by atoms with van der Waals surface area (Å²) in [4.78, 5) is 13.1. The molecule has 1 fully saturated rings. The van der Waals surface area contributed by atoms with Gasteiger partial charge in [-0.15, -0.1) is 11.3 Å². The summed E-state index contributed by atoms with van der Waals surface area (Å²) < 4.78 is 0. The molecular formula is C13H20N2OS2. The predicted molar refractivity (Wildman–Crippen MR) is 78.8 cm³/mol. The number of thiophene rings is 1. The van der Waals surface area contributed by atoms with Crippen LogP contribution < -0.4 is 11.1 Å². The van der Waals surface area contributed by atoms with Crippen LogP contribution in [0.25, 0.3) is 0 Å². The molecule has 1 aliphatic rings. The fourth-order valence-corrected chi connectivity index (χ4v) is 4.55. The first-order valence-corrected chi connectivity index (χ1v) is 8.12. The Hall–Kier alpha value is -0.520. The van der Waals surface area contributed by atoms with Gasteiger partial charge in [0.05, 0.1) is 0 Å². The summed E-state index contributed by atoms with van der Waals surface area (Å²) in [7, 11) is 0. The van der Waals surface area contributed by atoms with Crippen LogP contribution in [-0.4, -0.2) is 23.0 Å². The predicted octanol–water partition coefficient (Wildman–Crippen LogP) is 2.22. The Morgan fingerprint density at radius 3 is 2.83 bits per heavy atom. The smallest absolute Gasteiger partial charge is 0.238 e. The standard InChI is InChI=1S/C13H20N2OS2/c1-12(2)7-13(11(14)16,9-17-8-12)15-6-10-4-3-5-18-10/h3-5,15H,6-9H2,1-2H3,(H2,14,16). The van der Waals surface area contributed by atoms with E-state index in [0.29, 0.717) is 0 Å². The normalized spacial score (nSPS) is 27.0. The van der Waals surface area contributed by atoms with E-state index in [0.717, 1.165) is 24.5 Å². The van der Waals surface area contributed by atoms with Gasteiger partial charge in [-0.25, -0.2) is 0 Å². The van der Waals surface area contributed by atoms with E-state index in [9.17, 15) is 4.79 Å². The van der Waals surface area contributed by atoms with Crippen molar-refractivity contribution in [3.05, 3.63) is 22.4 Å². The Morgan fingerprint density at radius 1 is 1.50 bits per heavy atom. The molecule has 18 heavy (non-hydrogen) atoms. The fourth-order valence-electron chi connectivity index (χ4n) is 2.45. The maximum atomic E-state index is 11.9. The van der Waals surface area contributed by atoms with Gasteiger partial charge >= 0.3 is 0 Å². The van der Waals surface area contributed by atoms with E-state index in [4.69, 9.17) is 5.73 Å². The van der Waals surface area contributed by atoms with Crippen LogP contribution in [0.2, 0.25) is 0 Å². The van der Waals surface area contributed by atoms with Crippen molar-refractivity contribution < 1.29 is 4.79 Å². The number of nitrogens with one attached hydrogen (secondary N) is 1. The van der Waals surface area contributed by atoms with Crippen LogP contribution in [-0.2, 0) is 11.3 Å². The highest BCUT2D eigenvalue weighted by molar-refractivity contribution is 7.99. The van der Waals surface area contributed by atoms with Gasteiger partial charge in [-0.1, -0.05) is 19.9 Å². The largest absolute Gasteiger partial charge is 0.368 e. The van der Waals surface area contributed by atoms with Gasteiger partial charge < -0.3 is 5.73 Å². The van der Waals surface area contributed by atoms with Crippen LogP contribution in [0.15, 0.2) is 17.5 Å². The fraction of sp³-hybridized carbons (Fsp3) is 0.615. The Bertz CT molecular complexity index is 417. The van der Waals surface area contributed by atoms with Crippen LogP contribution >= 0.6 is 23.1 Å². The van der Waals surface area contributed by atoms with Crippen molar-refractivity contribution in [1.29, 1.82) is 0 Å². The van der Waals surface area contributed by atoms with E-state index in [1.54, 1.807) is 11.3 Å². The van der Waals surface area contributed by atoms with E-state index >= 15 is 0 Å². The molecule has 3 N–H and O–H groups in total. The number of primary amides is 1. The van der Waals surface area contributed by atoms with Crippen LogP contribution in [0.4, 0.5) is 0 Å². The van der Waals surface area contributed by atoms with Gasteiger partial charge in [0.15, 0.2) is 0 Å². The molecule has 1 saturated heterocycles. The molecule has 1 aromatic rings. The molecule has 2 heterocycles. The van der Waals surface area contributed by atoms with Crippen LogP contribution in [0.1, 0.15) is 25.1 Å². The van der Waals surface area contributed by atoms with Crippen molar-refractivity contribution in [3.8, 4) is 0 Å². The van der Waals surface area contributed by atoms with Crippen LogP contribution in [0.3, 0.4) is 0 Å². The molecule has 1 amide bonds. The Labute approximate surface area is 117 Å². The average molecular weight is 284 g/mol. The van der Waals surface area contributed by atoms with Gasteiger partial charge in [-0.3, -0.25) is 10.1 Å². The van der Waals surface area contributed by atoms with Crippen LogP contribution in [0, 0.1) is 5.41 Å². The number of thioether (sulfide) groups is 1. The summed E-state index contributed by atoms with van der Waals surface area (Å²) in [6.45, 7) is 5.12. The number of hydrogen-bond acceptors (Lipinski definition) is 4. The molecule has 1 unspecified atom stereocenters. The minimum atomic E-state index is -0.559. The first kappa shape index (κ1) is 13.9. The second kappa shape index (κ2) is 5.23. The lowest BCUT2D eigenvalue weighted by Gasteiger charge is -2.43. The molecular weight excluding hydrogens is 264 g/mol. The Morgan fingerprint density at radius 2 is 2.28 bits per heavy atom. The highest BCUT2D eigenvalue weighted by atomic mass is 32.2. The molecule has 3 nitrogen and oxygen atoms in total. The van der Waals surface area contributed by atoms with Crippen molar-refractivity contribution in [2.45, 2.75) is 32.4 Å². The lowest BCUT2D eigenvalue weighted by Crippen LogP contribution is -2.61. The second-order valence-electron chi connectivity index (χ2n) is 5.71. The van der Waals surface area contributed by atoms with Crippen molar-refractivity contribution in [2.24, 2.45) is 11.1 Å². The van der Waals surface area contributed by atoms with Gasteiger partial charge in [-0.05, 0) is 29.0 Å². The third kappa shape index (κ3) is 3.08. The molecule has 0 aromatic carbocycles. The van der Waals surface area contributed by atoms with Gasteiger partial charge in [0.2, 0.25) is 5.91 Å². The van der Waals surface area contributed by atoms with Crippen molar-refractivity contribution in [3.63, 3.8) is 0 Å². The number of carbonyl (C=O) groups excluding carboxylic acids is 1. The monoisotopic (exact) mass is 284 g/mol. The summed E-state index contributed by atoms with van der Waals surface area (Å²) in [6.07, 6.45) is 0.813. The van der Waals surface area contributed by atoms with Gasteiger partial charge in [0.1, 0.15) is 5.54 Å². The zero-order chi connectivity index (χ0) is 13.2. The summed E-state index contributed by atoms with van der Waals surface area (Å²) >= 11 is 3.51. The summed E-state index contributed by atoms with van der Waals surface area (Å²) in [5.41, 5.74) is 5.25. The molecule has 2 rings (SSSR count). The quantitative estimate of drug-likeness (QED) is 0.891. The van der Waals surface area contributed by atoms with E-state index in [1.807, 2.05) is 23.2 Å².